The predicted molar refractivity (Wildman–Crippen MR) is 151 cm³/mol. The van der Waals surface area contributed by atoms with Gasteiger partial charge in [0.15, 0.2) is 5.11 Å². The highest BCUT2D eigenvalue weighted by Crippen LogP contribution is 2.24. The molecule has 0 aliphatic carbocycles. The number of rotatable bonds is 8. The van der Waals surface area contributed by atoms with Crippen LogP contribution >= 0.6 is 35.4 Å². The van der Waals surface area contributed by atoms with Crippen molar-refractivity contribution >= 4 is 46.2 Å². The molecule has 0 amide bonds. The Morgan fingerprint density at radius 3 is 2.61 bits per heavy atom. The zero-order valence-electron chi connectivity index (χ0n) is 19.8. The Morgan fingerprint density at radius 2 is 1.89 bits per heavy atom. The second-order valence-electron chi connectivity index (χ2n) is 8.45. The van der Waals surface area contributed by atoms with E-state index in [1.165, 1.54) is 0 Å². The van der Waals surface area contributed by atoms with E-state index in [0.717, 1.165) is 34.5 Å². The summed E-state index contributed by atoms with van der Waals surface area (Å²) in [5.74, 6) is 0. The largest absolute Gasteiger partial charge is 0.358 e. The van der Waals surface area contributed by atoms with Crippen molar-refractivity contribution in [3.8, 4) is 6.07 Å². The van der Waals surface area contributed by atoms with E-state index >= 15 is 0 Å². The minimum absolute atomic E-state index is 0.562. The Labute approximate surface area is 226 Å². The number of aromatic nitrogens is 2. The number of hydrogen-bond acceptors (Lipinski definition) is 3. The molecule has 0 atom stereocenters. The molecule has 0 radical (unpaired) electrons. The van der Waals surface area contributed by atoms with E-state index in [1.807, 2.05) is 86.2 Å². The topological polar surface area (TPSA) is 56.9 Å². The lowest BCUT2D eigenvalue weighted by atomic mass is 10.1. The molecule has 36 heavy (non-hydrogen) atoms. The summed E-state index contributed by atoms with van der Waals surface area (Å²) in [6, 6.07) is 23.4. The van der Waals surface area contributed by atoms with Crippen LogP contribution in [0.3, 0.4) is 0 Å². The molecule has 0 fully saturated rings. The summed E-state index contributed by atoms with van der Waals surface area (Å²) in [5, 5.41) is 14.4. The van der Waals surface area contributed by atoms with Gasteiger partial charge in [0, 0.05) is 53.7 Å². The third-order valence-corrected chi connectivity index (χ3v) is 6.88. The molecule has 0 spiro atoms. The highest BCUT2D eigenvalue weighted by Gasteiger charge is 2.15. The van der Waals surface area contributed by atoms with Gasteiger partial charge in [0.2, 0.25) is 0 Å². The monoisotopic (exact) mass is 533 g/mol. The van der Waals surface area contributed by atoms with E-state index in [1.54, 1.807) is 0 Å². The zero-order valence-corrected chi connectivity index (χ0v) is 22.1. The Bertz CT molecular complexity index is 1390. The number of thiocarbonyl (C=S) groups is 1. The van der Waals surface area contributed by atoms with Crippen LogP contribution in [0.1, 0.15) is 27.9 Å². The number of nitrogens with one attached hydrogen (secondary N) is 1. The average molecular weight is 535 g/mol. The summed E-state index contributed by atoms with van der Waals surface area (Å²) >= 11 is 18.4. The van der Waals surface area contributed by atoms with Gasteiger partial charge in [0.25, 0.3) is 0 Å². The molecule has 3 aromatic carbocycles. The lowest BCUT2D eigenvalue weighted by Gasteiger charge is -2.27. The molecule has 4 rings (SSSR count). The Hall–Kier alpha value is -3.37. The fourth-order valence-electron chi connectivity index (χ4n) is 3.82. The van der Waals surface area contributed by atoms with Gasteiger partial charge in [-0.3, -0.25) is 0 Å². The molecule has 0 saturated carbocycles. The Kier molecular flexibility index (Phi) is 8.61. The van der Waals surface area contributed by atoms with E-state index in [-0.39, 0.29) is 0 Å². The number of imidazole rings is 1. The molecule has 1 aromatic heterocycles. The molecule has 1 N–H and O–H groups in total. The molecule has 0 saturated heterocycles. The molecule has 5 nitrogen and oxygen atoms in total. The van der Waals surface area contributed by atoms with Crippen LogP contribution in [-0.4, -0.2) is 21.2 Å². The first kappa shape index (κ1) is 25.7. The summed E-state index contributed by atoms with van der Waals surface area (Å²) in [5.41, 5.74) is 5.82. The van der Waals surface area contributed by atoms with Crippen molar-refractivity contribution in [1.29, 1.82) is 5.26 Å². The molecular weight excluding hydrogens is 509 g/mol. The minimum Gasteiger partial charge on any atom is -0.358 e. The summed E-state index contributed by atoms with van der Waals surface area (Å²) in [6.07, 6.45) is 4.43. The van der Waals surface area contributed by atoms with Gasteiger partial charge in [-0.15, -0.1) is 0 Å². The van der Waals surface area contributed by atoms with E-state index < -0.39 is 0 Å². The van der Waals surface area contributed by atoms with Crippen molar-refractivity contribution in [1.82, 2.24) is 14.9 Å². The van der Waals surface area contributed by atoms with Gasteiger partial charge in [-0.1, -0.05) is 53.5 Å². The van der Waals surface area contributed by atoms with Crippen LogP contribution in [-0.2, 0) is 19.5 Å². The van der Waals surface area contributed by atoms with E-state index in [4.69, 9.17) is 40.7 Å². The van der Waals surface area contributed by atoms with Gasteiger partial charge in [0.05, 0.1) is 18.0 Å². The van der Waals surface area contributed by atoms with Crippen molar-refractivity contribution in [3.05, 3.63) is 117 Å². The maximum absolute atomic E-state index is 9.04. The fraction of sp³-hybridized carbons (Fsp3) is 0.179. The molecule has 0 aliphatic rings. The molecule has 0 bridgehead atoms. The van der Waals surface area contributed by atoms with Crippen LogP contribution in [0.5, 0.6) is 0 Å². The van der Waals surface area contributed by atoms with Gasteiger partial charge in [-0.25, -0.2) is 4.98 Å². The van der Waals surface area contributed by atoms with Crippen molar-refractivity contribution in [2.45, 2.75) is 26.4 Å². The van der Waals surface area contributed by atoms with E-state index in [0.29, 0.717) is 40.4 Å². The van der Waals surface area contributed by atoms with E-state index in [2.05, 4.69) is 25.8 Å². The van der Waals surface area contributed by atoms with Crippen molar-refractivity contribution in [3.63, 3.8) is 0 Å². The van der Waals surface area contributed by atoms with Gasteiger partial charge in [0.1, 0.15) is 0 Å². The van der Waals surface area contributed by atoms with Gasteiger partial charge >= 0.3 is 0 Å². The molecular formula is C28H25Cl2N5S. The summed E-state index contributed by atoms with van der Waals surface area (Å²) in [4.78, 5) is 6.43. The molecule has 1 heterocycles. The average Bonchev–Trinajstić information content (AvgIpc) is 3.32. The van der Waals surface area contributed by atoms with Gasteiger partial charge < -0.3 is 14.8 Å². The number of aryl methyl sites for hydroxylation is 1. The molecule has 182 valence electrons. The summed E-state index contributed by atoms with van der Waals surface area (Å²) in [7, 11) is 0. The van der Waals surface area contributed by atoms with Crippen LogP contribution in [0.4, 0.5) is 5.69 Å². The first-order chi connectivity index (χ1) is 17.4. The standard InChI is InChI=1S/C28H25Cl2N5S/c1-20-5-10-25(14-27(20)30)35(28(36)33-16-23-3-2-4-24(29)13-23)12-11-26-17-32-19-34(26)18-22-8-6-21(15-31)7-9-22/h2-10,13-14,17,19H,11-12,16,18H2,1H3,(H,33,36). The maximum Gasteiger partial charge on any atom is 0.173 e. The van der Waals surface area contributed by atoms with Crippen LogP contribution in [0, 0.1) is 18.3 Å². The SMILES string of the molecule is Cc1ccc(N(CCc2cncn2Cc2ccc(C#N)cc2)C(=S)NCc2cccc(Cl)c2)cc1Cl. The predicted octanol–water partition coefficient (Wildman–Crippen LogP) is 6.54. The van der Waals surface area contributed by atoms with Crippen LogP contribution in [0.15, 0.2) is 79.3 Å². The van der Waals surface area contributed by atoms with Crippen molar-refractivity contribution in [2.24, 2.45) is 0 Å². The van der Waals surface area contributed by atoms with Crippen molar-refractivity contribution in [2.75, 3.05) is 11.4 Å². The highest BCUT2D eigenvalue weighted by atomic mass is 35.5. The first-order valence-corrected chi connectivity index (χ1v) is 12.6. The van der Waals surface area contributed by atoms with Gasteiger partial charge in [-0.2, -0.15) is 5.26 Å². The van der Waals surface area contributed by atoms with Crippen LogP contribution in [0.25, 0.3) is 0 Å². The lowest BCUT2D eigenvalue weighted by molar-refractivity contribution is 0.728. The molecule has 4 aromatic rings. The number of hydrogen-bond donors (Lipinski definition) is 1. The number of nitrogens with zero attached hydrogens (tertiary/aromatic N) is 4. The third-order valence-electron chi connectivity index (χ3n) is 5.87. The summed E-state index contributed by atoms with van der Waals surface area (Å²) in [6.45, 7) is 3.86. The first-order valence-electron chi connectivity index (χ1n) is 11.5. The second-order valence-corrected chi connectivity index (χ2v) is 9.68. The molecule has 8 heteroatoms. The second kappa shape index (κ2) is 12.0. The summed E-state index contributed by atoms with van der Waals surface area (Å²) < 4.78 is 2.12. The highest BCUT2D eigenvalue weighted by molar-refractivity contribution is 7.80. The maximum atomic E-state index is 9.04. The third kappa shape index (κ3) is 6.64. The van der Waals surface area contributed by atoms with Crippen LogP contribution in [0.2, 0.25) is 10.0 Å². The quantitative estimate of drug-likeness (QED) is 0.260. The number of nitriles is 1. The Morgan fingerprint density at radius 1 is 1.08 bits per heavy atom. The smallest absolute Gasteiger partial charge is 0.173 e. The van der Waals surface area contributed by atoms with Crippen molar-refractivity contribution < 1.29 is 0 Å². The number of benzene rings is 3. The number of anilines is 1. The molecule has 0 unspecified atom stereocenters. The Balaban J connectivity index is 1.49. The molecule has 0 aliphatic heterocycles. The minimum atomic E-state index is 0.562. The van der Waals surface area contributed by atoms with Gasteiger partial charge in [-0.05, 0) is 72.2 Å². The zero-order chi connectivity index (χ0) is 25.5. The number of halogens is 2. The lowest BCUT2D eigenvalue weighted by Crippen LogP contribution is -2.41. The normalized spacial score (nSPS) is 10.6. The van der Waals surface area contributed by atoms with Crippen LogP contribution < -0.4 is 10.2 Å². The fourth-order valence-corrected chi connectivity index (χ4v) is 4.48. The van der Waals surface area contributed by atoms with E-state index in [9.17, 15) is 0 Å².